The second-order valence-electron chi connectivity index (χ2n) is 5.02. The molecule has 2 heteroatoms. The molecule has 1 rings (SSSR count). The van der Waals surface area contributed by atoms with E-state index in [0.29, 0.717) is 5.92 Å². The summed E-state index contributed by atoms with van der Waals surface area (Å²) in [5.41, 5.74) is 7.09. The van der Waals surface area contributed by atoms with Crippen LogP contribution in [0.5, 0.6) is 5.75 Å². The summed E-state index contributed by atoms with van der Waals surface area (Å²) < 4.78 is 5.18. The van der Waals surface area contributed by atoms with Gasteiger partial charge >= 0.3 is 0 Å². The molecule has 2 N–H and O–H groups in total. The highest BCUT2D eigenvalue weighted by Crippen LogP contribution is 2.27. The minimum absolute atomic E-state index is 0.591. The number of ether oxygens (including phenoxy) is 1. The number of rotatable bonds is 7. The molecule has 1 atom stereocenters. The quantitative estimate of drug-likeness (QED) is 0.784. The molecule has 0 bridgehead atoms. The van der Waals surface area contributed by atoms with Crippen LogP contribution in [0.25, 0.3) is 0 Å². The highest BCUT2D eigenvalue weighted by Gasteiger charge is 2.11. The predicted molar refractivity (Wildman–Crippen MR) is 73.5 cm³/mol. The summed E-state index contributed by atoms with van der Waals surface area (Å²) in [7, 11) is 1.70. The van der Waals surface area contributed by atoms with Crippen LogP contribution in [0.4, 0.5) is 0 Å². The van der Waals surface area contributed by atoms with Crippen LogP contribution in [0.1, 0.15) is 44.6 Å². The number of hydrogen-bond donors (Lipinski definition) is 1. The third-order valence-corrected chi connectivity index (χ3v) is 3.19. The smallest absolute Gasteiger partial charge is 0.118 e. The van der Waals surface area contributed by atoms with E-state index in [1.54, 1.807) is 7.11 Å². The average Bonchev–Trinajstić information content (AvgIpc) is 2.34. The van der Waals surface area contributed by atoms with Gasteiger partial charge in [-0.25, -0.2) is 0 Å². The van der Waals surface area contributed by atoms with E-state index in [2.05, 4.69) is 26.0 Å². The normalized spacial score (nSPS) is 12.8. The zero-order valence-electron chi connectivity index (χ0n) is 11.3. The lowest BCUT2D eigenvalue weighted by Gasteiger charge is -2.18. The predicted octanol–water partition coefficient (Wildman–Crippen LogP) is 3.56. The van der Waals surface area contributed by atoms with Gasteiger partial charge < -0.3 is 10.5 Å². The van der Waals surface area contributed by atoms with Gasteiger partial charge in [-0.3, -0.25) is 0 Å². The lowest BCUT2D eigenvalue weighted by atomic mass is 9.89. The molecule has 0 saturated carbocycles. The Balaban J connectivity index is 2.67. The van der Waals surface area contributed by atoms with Crippen molar-refractivity contribution >= 4 is 0 Å². The fourth-order valence-corrected chi connectivity index (χ4v) is 2.09. The van der Waals surface area contributed by atoms with Crippen molar-refractivity contribution in [3.63, 3.8) is 0 Å². The first-order valence-electron chi connectivity index (χ1n) is 6.51. The van der Waals surface area contributed by atoms with Gasteiger partial charge in [0, 0.05) is 0 Å². The first-order chi connectivity index (χ1) is 8.17. The van der Waals surface area contributed by atoms with Crippen LogP contribution in [0.2, 0.25) is 0 Å². The van der Waals surface area contributed by atoms with Gasteiger partial charge in [-0.2, -0.15) is 0 Å². The Kier molecular flexibility index (Phi) is 6.06. The van der Waals surface area contributed by atoms with Gasteiger partial charge in [0.05, 0.1) is 7.11 Å². The summed E-state index contributed by atoms with van der Waals surface area (Å²) in [4.78, 5) is 0. The van der Waals surface area contributed by atoms with Crippen LogP contribution in [-0.4, -0.2) is 13.7 Å². The van der Waals surface area contributed by atoms with Crippen molar-refractivity contribution in [1.29, 1.82) is 0 Å². The van der Waals surface area contributed by atoms with Crippen molar-refractivity contribution in [2.75, 3.05) is 13.7 Å². The fraction of sp³-hybridized carbons (Fsp3) is 0.600. The zero-order chi connectivity index (χ0) is 12.7. The van der Waals surface area contributed by atoms with Crippen molar-refractivity contribution < 1.29 is 4.74 Å². The second kappa shape index (κ2) is 7.33. The van der Waals surface area contributed by atoms with E-state index < -0.39 is 0 Å². The Morgan fingerprint density at radius 1 is 1.06 bits per heavy atom. The second-order valence-corrected chi connectivity index (χ2v) is 5.02. The minimum Gasteiger partial charge on any atom is -0.497 e. The molecule has 0 aromatic heterocycles. The van der Waals surface area contributed by atoms with Gasteiger partial charge in [0.15, 0.2) is 0 Å². The summed E-state index contributed by atoms with van der Waals surface area (Å²) in [5.74, 6) is 2.27. The molecular formula is C15H25NO. The maximum absolute atomic E-state index is 5.70. The Morgan fingerprint density at radius 3 is 2.18 bits per heavy atom. The molecular weight excluding hydrogens is 210 g/mol. The Labute approximate surface area is 105 Å². The molecule has 17 heavy (non-hydrogen) atoms. The molecule has 0 saturated heterocycles. The summed E-state index contributed by atoms with van der Waals surface area (Å²) in [5, 5.41) is 0. The molecule has 0 spiro atoms. The number of hydrogen-bond acceptors (Lipinski definition) is 2. The van der Waals surface area contributed by atoms with Gasteiger partial charge in [-0.15, -0.1) is 0 Å². The van der Waals surface area contributed by atoms with E-state index in [-0.39, 0.29) is 0 Å². The highest BCUT2D eigenvalue weighted by molar-refractivity contribution is 5.29. The van der Waals surface area contributed by atoms with E-state index in [0.717, 1.165) is 24.6 Å². The van der Waals surface area contributed by atoms with E-state index >= 15 is 0 Å². The van der Waals surface area contributed by atoms with Crippen molar-refractivity contribution in [1.82, 2.24) is 0 Å². The van der Waals surface area contributed by atoms with Crippen LogP contribution >= 0.6 is 0 Å². The monoisotopic (exact) mass is 235 g/mol. The maximum Gasteiger partial charge on any atom is 0.118 e. The van der Waals surface area contributed by atoms with Crippen LogP contribution in [0.15, 0.2) is 24.3 Å². The van der Waals surface area contributed by atoms with Gasteiger partial charge in [0.1, 0.15) is 5.75 Å². The molecule has 0 heterocycles. The molecule has 0 amide bonds. The van der Waals surface area contributed by atoms with E-state index in [9.17, 15) is 0 Å². The molecule has 0 fully saturated rings. The van der Waals surface area contributed by atoms with E-state index in [1.807, 2.05) is 12.1 Å². The highest BCUT2D eigenvalue weighted by atomic mass is 16.5. The molecule has 1 aromatic carbocycles. The molecule has 0 aliphatic carbocycles. The Hall–Kier alpha value is -1.02. The van der Waals surface area contributed by atoms with Crippen molar-refractivity contribution in [2.45, 2.75) is 39.0 Å². The first kappa shape index (κ1) is 14.0. The van der Waals surface area contributed by atoms with Crippen LogP contribution in [0, 0.1) is 5.92 Å². The fourth-order valence-electron chi connectivity index (χ4n) is 2.09. The maximum atomic E-state index is 5.70. The van der Waals surface area contributed by atoms with E-state index in [1.165, 1.54) is 18.4 Å². The Bertz CT molecular complexity index is 305. The molecule has 0 radical (unpaired) electrons. The molecule has 96 valence electrons. The molecule has 1 unspecified atom stereocenters. The standard InChI is InChI=1S/C15H25NO/c1-12(2)4-5-14(10-11-16)13-6-8-15(17-3)9-7-13/h6-9,12,14H,4-5,10-11,16H2,1-3H3. The lowest BCUT2D eigenvalue weighted by Crippen LogP contribution is -2.08. The summed E-state index contributed by atoms with van der Waals surface area (Å²) in [6.45, 7) is 5.30. The summed E-state index contributed by atoms with van der Waals surface area (Å²) in [6.07, 6.45) is 3.55. The average molecular weight is 235 g/mol. The number of benzene rings is 1. The van der Waals surface area contributed by atoms with Crippen molar-refractivity contribution in [3.05, 3.63) is 29.8 Å². The number of methoxy groups -OCH3 is 1. The largest absolute Gasteiger partial charge is 0.497 e. The third kappa shape index (κ3) is 4.78. The van der Waals surface area contributed by atoms with Crippen molar-refractivity contribution in [3.8, 4) is 5.75 Å². The van der Waals surface area contributed by atoms with Crippen LogP contribution < -0.4 is 10.5 Å². The lowest BCUT2D eigenvalue weighted by molar-refractivity contribution is 0.414. The zero-order valence-corrected chi connectivity index (χ0v) is 11.3. The number of nitrogens with two attached hydrogens (primary N) is 1. The van der Waals surface area contributed by atoms with Crippen LogP contribution in [-0.2, 0) is 0 Å². The SMILES string of the molecule is COc1ccc(C(CCN)CCC(C)C)cc1. The van der Waals surface area contributed by atoms with Gasteiger partial charge in [-0.05, 0) is 48.9 Å². The van der Waals surface area contributed by atoms with E-state index in [4.69, 9.17) is 10.5 Å². The van der Waals surface area contributed by atoms with Gasteiger partial charge in [-0.1, -0.05) is 32.4 Å². The summed E-state index contributed by atoms with van der Waals surface area (Å²) in [6, 6.07) is 8.40. The Morgan fingerprint density at radius 2 is 1.71 bits per heavy atom. The first-order valence-corrected chi connectivity index (χ1v) is 6.51. The topological polar surface area (TPSA) is 35.2 Å². The molecule has 1 aromatic rings. The van der Waals surface area contributed by atoms with Gasteiger partial charge in [0.2, 0.25) is 0 Å². The molecule has 2 nitrogen and oxygen atoms in total. The molecule has 0 aliphatic rings. The van der Waals surface area contributed by atoms with Crippen LogP contribution in [0.3, 0.4) is 0 Å². The minimum atomic E-state index is 0.591. The third-order valence-electron chi connectivity index (χ3n) is 3.19. The molecule has 0 aliphatic heterocycles. The summed E-state index contributed by atoms with van der Waals surface area (Å²) >= 11 is 0. The van der Waals surface area contributed by atoms with Crippen molar-refractivity contribution in [2.24, 2.45) is 11.7 Å². The van der Waals surface area contributed by atoms with Gasteiger partial charge in [0.25, 0.3) is 0 Å².